The number of benzene rings is 1. The third kappa shape index (κ3) is 4.26. The van der Waals surface area contributed by atoms with Crippen molar-refractivity contribution < 1.29 is 24.2 Å². The summed E-state index contributed by atoms with van der Waals surface area (Å²) >= 11 is 0. The molecule has 1 aromatic rings. The Morgan fingerprint density at radius 1 is 1.32 bits per heavy atom. The number of nitrogens with one attached hydrogen (secondary N) is 1. The summed E-state index contributed by atoms with van der Waals surface area (Å²) < 4.78 is 5.22. The summed E-state index contributed by atoms with van der Waals surface area (Å²) in [5.74, 6) is -0.730. The third-order valence-corrected chi connectivity index (χ3v) is 4.20. The van der Waals surface area contributed by atoms with Crippen LogP contribution in [0.15, 0.2) is 29.5 Å². The quantitative estimate of drug-likeness (QED) is 0.772. The Morgan fingerprint density at radius 2 is 2.04 bits per heavy atom. The summed E-state index contributed by atoms with van der Waals surface area (Å²) in [6, 6.07) is 5.25. The first-order valence-electron chi connectivity index (χ1n) is 8.31. The fourth-order valence-electron chi connectivity index (χ4n) is 3.07. The number of carbonyl (C=O) groups excluding carboxylic acids is 3. The lowest BCUT2D eigenvalue weighted by atomic mass is 9.81. The van der Waals surface area contributed by atoms with E-state index < -0.39 is 0 Å². The fraction of sp³-hybridized carbons (Fsp3) is 0.421. The monoisotopic (exact) mass is 345 g/mol. The third-order valence-electron chi connectivity index (χ3n) is 4.20. The van der Waals surface area contributed by atoms with Gasteiger partial charge in [0.2, 0.25) is 5.91 Å². The van der Waals surface area contributed by atoms with Gasteiger partial charge in [0.1, 0.15) is 11.5 Å². The van der Waals surface area contributed by atoms with Gasteiger partial charge in [-0.3, -0.25) is 14.4 Å². The summed E-state index contributed by atoms with van der Waals surface area (Å²) in [4.78, 5) is 35.7. The van der Waals surface area contributed by atoms with Gasteiger partial charge in [0.15, 0.2) is 11.6 Å². The van der Waals surface area contributed by atoms with Gasteiger partial charge in [-0.2, -0.15) is 0 Å². The molecule has 1 unspecified atom stereocenters. The van der Waals surface area contributed by atoms with E-state index in [0.717, 1.165) is 5.56 Å². The van der Waals surface area contributed by atoms with Crippen LogP contribution < -0.4 is 10.1 Å². The zero-order valence-electron chi connectivity index (χ0n) is 14.7. The van der Waals surface area contributed by atoms with E-state index in [1.807, 2.05) is 6.92 Å². The number of ether oxygens (including phenoxy) is 1. The number of amides is 1. The van der Waals surface area contributed by atoms with Crippen molar-refractivity contribution in [3.05, 3.63) is 35.1 Å². The lowest BCUT2D eigenvalue weighted by Crippen LogP contribution is -2.23. The van der Waals surface area contributed by atoms with Crippen molar-refractivity contribution in [2.24, 2.45) is 0 Å². The molecule has 0 fully saturated rings. The molecule has 2 N–H and O–H groups in total. The molecule has 1 atom stereocenters. The van der Waals surface area contributed by atoms with E-state index in [4.69, 9.17) is 4.74 Å². The minimum atomic E-state index is -0.330. The minimum absolute atomic E-state index is 0.0475. The second-order valence-corrected chi connectivity index (χ2v) is 6.16. The van der Waals surface area contributed by atoms with Gasteiger partial charge < -0.3 is 15.2 Å². The van der Waals surface area contributed by atoms with Crippen LogP contribution in [0.2, 0.25) is 0 Å². The van der Waals surface area contributed by atoms with Gasteiger partial charge in [0, 0.05) is 26.2 Å². The number of carbonyl (C=O) groups is 3. The van der Waals surface area contributed by atoms with Gasteiger partial charge in [-0.1, -0.05) is 13.0 Å². The summed E-state index contributed by atoms with van der Waals surface area (Å²) in [6.45, 7) is 3.25. The van der Waals surface area contributed by atoms with Crippen LogP contribution in [0.1, 0.15) is 51.0 Å². The molecule has 6 nitrogen and oxygen atoms in total. The van der Waals surface area contributed by atoms with Crippen LogP contribution in [0.5, 0.6) is 5.75 Å². The van der Waals surface area contributed by atoms with Crippen molar-refractivity contribution in [2.75, 3.05) is 12.4 Å². The van der Waals surface area contributed by atoms with Crippen LogP contribution in [0, 0.1) is 0 Å². The van der Waals surface area contributed by atoms with Crippen LogP contribution >= 0.6 is 0 Å². The average molecular weight is 345 g/mol. The average Bonchev–Trinajstić information content (AvgIpc) is 2.53. The Balaban J connectivity index is 2.30. The van der Waals surface area contributed by atoms with Gasteiger partial charge in [-0.15, -0.1) is 0 Å². The number of aliphatic hydroxyl groups is 1. The molecule has 0 radical (unpaired) electrons. The van der Waals surface area contributed by atoms with Crippen molar-refractivity contribution in [1.82, 2.24) is 0 Å². The number of aliphatic hydroxyl groups excluding tert-OH is 1. The van der Waals surface area contributed by atoms with Gasteiger partial charge in [-0.25, -0.2) is 0 Å². The number of ketones is 2. The summed E-state index contributed by atoms with van der Waals surface area (Å²) in [5, 5.41) is 12.9. The highest BCUT2D eigenvalue weighted by Gasteiger charge is 2.32. The maximum absolute atomic E-state index is 12.4. The normalized spacial score (nSPS) is 17.4. The Labute approximate surface area is 146 Å². The molecule has 1 aromatic carbocycles. The molecule has 134 valence electrons. The van der Waals surface area contributed by atoms with Crippen LogP contribution in [0.25, 0.3) is 0 Å². The zero-order valence-corrected chi connectivity index (χ0v) is 14.7. The molecule has 1 aliphatic rings. The maximum atomic E-state index is 12.4. The highest BCUT2D eigenvalue weighted by atomic mass is 16.5. The van der Waals surface area contributed by atoms with E-state index in [1.165, 1.54) is 14.0 Å². The van der Waals surface area contributed by atoms with Gasteiger partial charge in [0.05, 0.1) is 18.4 Å². The molecule has 0 saturated carbocycles. The molecule has 0 bridgehead atoms. The molecule has 25 heavy (non-hydrogen) atoms. The molecule has 1 aliphatic carbocycles. The molecule has 0 saturated heterocycles. The molecule has 2 rings (SSSR count). The highest BCUT2D eigenvalue weighted by molar-refractivity contribution is 6.21. The summed E-state index contributed by atoms with van der Waals surface area (Å²) in [6.07, 6.45) is 1.26. The lowest BCUT2D eigenvalue weighted by Gasteiger charge is -2.24. The second kappa shape index (κ2) is 7.96. The number of hydrogen-bond donors (Lipinski definition) is 2. The zero-order chi connectivity index (χ0) is 18.6. The molecule has 0 aliphatic heterocycles. The van der Waals surface area contributed by atoms with Crippen LogP contribution in [0.3, 0.4) is 0 Å². The van der Waals surface area contributed by atoms with E-state index in [0.29, 0.717) is 17.9 Å². The Kier molecular flexibility index (Phi) is 5.96. The van der Waals surface area contributed by atoms with E-state index >= 15 is 0 Å². The van der Waals surface area contributed by atoms with E-state index in [2.05, 4.69) is 5.32 Å². The van der Waals surface area contributed by atoms with Crippen LogP contribution in [0.4, 0.5) is 5.69 Å². The first kappa shape index (κ1) is 18.7. The predicted molar refractivity (Wildman–Crippen MR) is 93.8 cm³/mol. The Hall–Kier alpha value is -2.63. The SMILES string of the molecule is CCCC(=O)C1=C(O)CC(c2ccc(OC)c(NC(C)=O)c2)CC1=O. The number of anilines is 1. The molecular weight excluding hydrogens is 322 g/mol. The van der Waals surface area contributed by atoms with Gasteiger partial charge in [0.25, 0.3) is 0 Å². The summed E-state index contributed by atoms with van der Waals surface area (Å²) in [5.41, 5.74) is 1.26. The van der Waals surface area contributed by atoms with Gasteiger partial charge in [-0.05, 0) is 30.0 Å². The van der Waals surface area contributed by atoms with E-state index in [-0.39, 0.29) is 54.0 Å². The van der Waals surface area contributed by atoms with Crippen molar-refractivity contribution in [1.29, 1.82) is 0 Å². The first-order chi connectivity index (χ1) is 11.9. The predicted octanol–water partition coefficient (Wildman–Crippen LogP) is 3.28. The second-order valence-electron chi connectivity index (χ2n) is 6.16. The van der Waals surface area contributed by atoms with E-state index in [9.17, 15) is 19.5 Å². The molecule has 1 amide bonds. The molecule has 0 heterocycles. The van der Waals surface area contributed by atoms with Crippen LogP contribution in [-0.4, -0.2) is 29.7 Å². The number of hydrogen-bond acceptors (Lipinski definition) is 5. The van der Waals surface area contributed by atoms with Gasteiger partial charge >= 0.3 is 0 Å². The fourth-order valence-corrected chi connectivity index (χ4v) is 3.07. The molecule has 0 aromatic heterocycles. The number of rotatable bonds is 6. The van der Waals surface area contributed by atoms with E-state index in [1.54, 1.807) is 18.2 Å². The Morgan fingerprint density at radius 3 is 2.60 bits per heavy atom. The number of methoxy groups -OCH3 is 1. The maximum Gasteiger partial charge on any atom is 0.221 e. The smallest absolute Gasteiger partial charge is 0.221 e. The van der Waals surface area contributed by atoms with Crippen LogP contribution in [-0.2, 0) is 14.4 Å². The largest absolute Gasteiger partial charge is 0.511 e. The van der Waals surface area contributed by atoms with Crippen molar-refractivity contribution >= 4 is 23.2 Å². The standard InChI is InChI=1S/C19H23NO5/c1-4-5-15(22)19-16(23)9-13(10-17(19)24)12-6-7-18(25-3)14(8-12)20-11(2)21/h6-8,13,23H,4-5,9-10H2,1-3H3,(H,20,21). The van der Waals surface area contributed by atoms with Crippen molar-refractivity contribution in [3.8, 4) is 5.75 Å². The minimum Gasteiger partial charge on any atom is -0.511 e. The topological polar surface area (TPSA) is 92.7 Å². The number of allylic oxidation sites excluding steroid dienone is 2. The molecule has 0 spiro atoms. The Bertz CT molecular complexity index is 735. The summed E-state index contributed by atoms with van der Waals surface area (Å²) in [7, 11) is 1.50. The first-order valence-corrected chi connectivity index (χ1v) is 8.31. The molecule has 6 heteroatoms. The van der Waals surface area contributed by atoms with Crippen molar-refractivity contribution in [3.63, 3.8) is 0 Å². The van der Waals surface area contributed by atoms with Crippen molar-refractivity contribution in [2.45, 2.75) is 45.4 Å². The molecular formula is C19H23NO5. The highest BCUT2D eigenvalue weighted by Crippen LogP contribution is 2.37. The number of Topliss-reactive ketones (excluding diaryl/α,β-unsaturated/α-hetero) is 2. The lowest BCUT2D eigenvalue weighted by molar-refractivity contribution is -0.122.